The Morgan fingerprint density at radius 3 is 2.91 bits per heavy atom. The van der Waals surface area contributed by atoms with Gasteiger partial charge in [0.25, 0.3) is 0 Å². The molecule has 0 amide bonds. The highest BCUT2D eigenvalue weighted by atomic mass is 32.1. The van der Waals surface area contributed by atoms with E-state index in [4.69, 9.17) is 5.11 Å². The van der Waals surface area contributed by atoms with Crippen LogP contribution in [0.25, 0.3) is 0 Å². The molecule has 1 heterocycles. The summed E-state index contributed by atoms with van der Waals surface area (Å²) in [5, 5.41) is 11.8. The third-order valence-electron chi connectivity index (χ3n) is 1.47. The van der Waals surface area contributed by atoms with Gasteiger partial charge in [0.15, 0.2) is 0 Å². The zero-order chi connectivity index (χ0) is 8.10. The van der Waals surface area contributed by atoms with Crippen LogP contribution in [-0.4, -0.2) is 16.7 Å². The Bertz CT molecular complexity index is 210. The molecule has 0 spiro atoms. The molecular weight excluding hydrogens is 158 g/mol. The smallest absolute Gasteiger partial charge is 0.0928 e. The lowest BCUT2D eigenvalue weighted by molar-refractivity contribution is 0.284. The van der Waals surface area contributed by atoms with Crippen LogP contribution in [0.4, 0.5) is 0 Å². The first kappa shape index (κ1) is 8.68. The number of aromatic nitrogens is 1. The summed E-state index contributed by atoms with van der Waals surface area (Å²) in [4.78, 5) is 4.32. The fraction of sp³-hybridized carbons (Fsp3) is 0.625. The van der Waals surface area contributed by atoms with E-state index in [9.17, 15) is 0 Å². The van der Waals surface area contributed by atoms with Gasteiger partial charge in [-0.3, -0.25) is 0 Å². The minimum absolute atomic E-state index is 0.296. The second-order valence-electron chi connectivity index (χ2n) is 2.56. The fourth-order valence-electron chi connectivity index (χ4n) is 0.906. The number of hydrogen-bond donors (Lipinski definition) is 1. The van der Waals surface area contributed by atoms with Crippen LogP contribution in [0.15, 0.2) is 5.38 Å². The van der Waals surface area contributed by atoms with E-state index in [1.807, 2.05) is 6.92 Å². The normalized spacial score (nSPS) is 10.4. The van der Waals surface area contributed by atoms with Crippen LogP contribution in [-0.2, 0) is 6.42 Å². The maximum absolute atomic E-state index is 8.53. The Balaban J connectivity index is 2.27. The Labute approximate surface area is 70.9 Å². The van der Waals surface area contributed by atoms with Crippen LogP contribution in [0.5, 0.6) is 0 Å². The average molecular weight is 171 g/mol. The van der Waals surface area contributed by atoms with E-state index >= 15 is 0 Å². The van der Waals surface area contributed by atoms with E-state index in [1.54, 1.807) is 11.3 Å². The molecule has 0 bridgehead atoms. The molecule has 62 valence electrons. The van der Waals surface area contributed by atoms with Crippen molar-refractivity contribution in [2.24, 2.45) is 0 Å². The lowest BCUT2D eigenvalue weighted by Gasteiger charge is -1.92. The van der Waals surface area contributed by atoms with Gasteiger partial charge in [0.1, 0.15) is 0 Å². The summed E-state index contributed by atoms with van der Waals surface area (Å²) in [5.41, 5.74) is 1.11. The number of aliphatic hydroxyl groups excluding tert-OH is 1. The summed E-state index contributed by atoms with van der Waals surface area (Å²) >= 11 is 1.71. The first-order valence-corrected chi connectivity index (χ1v) is 4.73. The fourth-order valence-corrected chi connectivity index (χ4v) is 1.72. The van der Waals surface area contributed by atoms with Crippen LogP contribution in [0.1, 0.15) is 23.5 Å². The van der Waals surface area contributed by atoms with Crippen LogP contribution in [0.3, 0.4) is 0 Å². The van der Waals surface area contributed by atoms with E-state index in [1.165, 1.54) is 5.01 Å². The van der Waals surface area contributed by atoms with E-state index < -0.39 is 0 Å². The molecule has 3 heteroatoms. The van der Waals surface area contributed by atoms with Crippen molar-refractivity contribution in [3.05, 3.63) is 16.1 Å². The second-order valence-corrected chi connectivity index (χ2v) is 3.51. The quantitative estimate of drug-likeness (QED) is 0.700. The molecule has 0 aliphatic carbocycles. The number of aryl methyl sites for hydroxylation is 2. The molecule has 0 aliphatic heterocycles. The van der Waals surface area contributed by atoms with Gasteiger partial charge in [-0.25, -0.2) is 4.98 Å². The van der Waals surface area contributed by atoms with Gasteiger partial charge >= 0.3 is 0 Å². The summed E-state index contributed by atoms with van der Waals surface area (Å²) in [6.07, 6.45) is 2.95. The molecule has 1 aromatic heterocycles. The summed E-state index contributed by atoms with van der Waals surface area (Å²) in [6, 6.07) is 0. The molecule has 0 unspecified atom stereocenters. The first-order chi connectivity index (χ1) is 5.33. The summed E-state index contributed by atoms with van der Waals surface area (Å²) < 4.78 is 0. The number of aliphatic hydroxyl groups is 1. The van der Waals surface area contributed by atoms with Crippen molar-refractivity contribution < 1.29 is 5.11 Å². The summed E-state index contributed by atoms with van der Waals surface area (Å²) in [6.45, 7) is 2.30. The maximum Gasteiger partial charge on any atom is 0.0928 e. The number of hydrogen-bond acceptors (Lipinski definition) is 3. The number of unbranched alkanes of at least 4 members (excludes halogenated alkanes) is 1. The van der Waals surface area contributed by atoms with Crippen molar-refractivity contribution in [1.29, 1.82) is 0 Å². The molecule has 0 fully saturated rings. The average Bonchev–Trinajstić information content (AvgIpc) is 2.37. The van der Waals surface area contributed by atoms with Crippen LogP contribution in [0, 0.1) is 6.92 Å². The first-order valence-electron chi connectivity index (χ1n) is 3.85. The molecule has 0 aromatic carbocycles. The van der Waals surface area contributed by atoms with Crippen LogP contribution < -0.4 is 0 Å². The van der Waals surface area contributed by atoms with E-state index in [-0.39, 0.29) is 0 Å². The van der Waals surface area contributed by atoms with Gasteiger partial charge in [-0.05, 0) is 26.2 Å². The highest BCUT2D eigenvalue weighted by molar-refractivity contribution is 7.09. The number of rotatable bonds is 4. The van der Waals surface area contributed by atoms with Crippen LogP contribution >= 0.6 is 11.3 Å². The van der Waals surface area contributed by atoms with Crippen LogP contribution in [0.2, 0.25) is 0 Å². The third kappa shape index (κ3) is 2.99. The molecular formula is C8H13NOS. The van der Waals surface area contributed by atoms with Crippen molar-refractivity contribution in [2.45, 2.75) is 26.2 Å². The van der Waals surface area contributed by atoms with Gasteiger partial charge in [0.05, 0.1) is 5.01 Å². The number of nitrogens with zero attached hydrogens (tertiary/aromatic N) is 1. The van der Waals surface area contributed by atoms with Gasteiger partial charge in [-0.1, -0.05) is 0 Å². The molecule has 0 atom stereocenters. The van der Waals surface area contributed by atoms with Crippen molar-refractivity contribution in [3.8, 4) is 0 Å². The zero-order valence-corrected chi connectivity index (χ0v) is 7.52. The standard InChI is InChI=1S/C8H13NOS/c1-7-6-11-8(9-7)4-2-3-5-10/h6,10H,2-5H2,1H3. The molecule has 0 saturated carbocycles. The molecule has 0 saturated heterocycles. The highest BCUT2D eigenvalue weighted by Gasteiger charge is 1.96. The van der Waals surface area contributed by atoms with E-state index in [0.717, 1.165) is 25.0 Å². The van der Waals surface area contributed by atoms with Crippen molar-refractivity contribution >= 4 is 11.3 Å². The third-order valence-corrected chi connectivity index (χ3v) is 2.49. The van der Waals surface area contributed by atoms with E-state index in [0.29, 0.717) is 6.61 Å². The lowest BCUT2D eigenvalue weighted by Crippen LogP contribution is -1.87. The Kier molecular flexibility index (Phi) is 3.52. The lowest BCUT2D eigenvalue weighted by atomic mass is 10.2. The Morgan fingerprint density at radius 2 is 2.36 bits per heavy atom. The van der Waals surface area contributed by atoms with Gasteiger partial charge in [-0.15, -0.1) is 11.3 Å². The minimum Gasteiger partial charge on any atom is -0.396 e. The molecule has 0 radical (unpaired) electrons. The van der Waals surface area contributed by atoms with Crippen molar-refractivity contribution in [2.75, 3.05) is 6.61 Å². The van der Waals surface area contributed by atoms with Gasteiger partial charge in [0, 0.05) is 17.7 Å². The minimum atomic E-state index is 0.296. The zero-order valence-electron chi connectivity index (χ0n) is 6.71. The van der Waals surface area contributed by atoms with Crippen molar-refractivity contribution in [3.63, 3.8) is 0 Å². The molecule has 2 nitrogen and oxygen atoms in total. The van der Waals surface area contributed by atoms with Crippen molar-refractivity contribution in [1.82, 2.24) is 4.98 Å². The molecule has 11 heavy (non-hydrogen) atoms. The molecule has 0 aliphatic rings. The molecule has 1 aromatic rings. The van der Waals surface area contributed by atoms with Gasteiger partial charge < -0.3 is 5.11 Å². The predicted molar refractivity (Wildman–Crippen MR) is 46.9 cm³/mol. The largest absolute Gasteiger partial charge is 0.396 e. The highest BCUT2D eigenvalue weighted by Crippen LogP contribution is 2.11. The van der Waals surface area contributed by atoms with Gasteiger partial charge in [-0.2, -0.15) is 0 Å². The molecule has 1 N–H and O–H groups in total. The topological polar surface area (TPSA) is 33.1 Å². The monoisotopic (exact) mass is 171 g/mol. The SMILES string of the molecule is Cc1csc(CCCCO)n1. The summed E-state index contributed by atoms with van der Waals surface area (Å²) in [5.74, 6) is 0. The van der Waals surface area contributed by atoms with E-state index in [2.05, 4.69) is 10.4 Å². The maximum atomic E-state index is 8.53. The Morgan fingerprint density at radius 1 is 1.55 bits per heavy atom. The Hall–Kier alpha value is -0.410. The molecule has 1 rings (SSSR count). The summed E-state index contributed by atoms with van der Waals surface area (Å²) in [7, 11) is 0. The number of thiazole rings is 1. The van der Waals surface area contributed by atoms with Gasteiger partial charge in [0.2, 0.25) is 0 Å². The predicted octanol–water partition coefficient (Wildman–Crippen LogP) is 1.77. The second kappa shape index (κ2) is 4.46.